The minimum Gasteiger partial charge on any atom is -0.507 e. The van der Waals surface area contributed by atoms with Crippen molar-refractivity contribution in [3.05, 3.63) is 106 Å². The Kier molecular flexibility index (Phi) is 6.72. The van der Waals surface area contributed by atoms with Gasteiger partial charge in [-0.05, 0) is 37.1 Å². The van der Waals surface area contributed by atoms with Crippen molar-refractivity contribution >= 4 is 21.8 Å². The maximum Gasteiger partial charge on any atom is 0.255 e. The highest BCUT2D eigenvalue weighted by Crippen LogP contribution is 2.26. The van der Waals surface area contributed by atoms with Gasteiger partial charge in [0, 0.05) is 10.8 Å². The zero-order valence-electron chi connectivity index (χ0n) is 17.3. The minimum atomic E-state index is -0.258. The highest BCUT2D eigenvalue weighted by Gasteiger charge is 2.11. The van der Waals surface area contributed by atoms with Gasteiger partial charge in [0.05, 0.1) is 29.3 Å². The Balaban J connectivity index is 0.000000176. The summed E-state index contributed by atoms with van der Waals surface area (Å²) in [4.78, 5) is 29.0. The van der Waals surface area contributed by atoms with Crippen molar-refractivity contribution in [2.75, 3.05) is 7.11 Å². The van der Waals surface area contributed by atoms with Crippen LogP contribution in [0.4, 0.5) is 0 Å². The predicted molar refractivity (Wildman–Crippen MR) is 125 cm³/mol. The quantitative estimate of drug-likeness (QED) is 0.424. The molecule has 0 radical (unpaired) electrons. The van der Waals surface area contributed by atoms with E-state index in [0.717, 1.165) is 10.9 Å². The lowest BCUT2D eigenvalue weighted by Crippen LogP contribution is -2.13. The number of fused-ring (bicyclic) bond motifs is 2. The molecule has 0 aliphatic heterocycles. The Morgan fingerprint density at radius 2 is 1.32 bits per heavy atom. The summed E-state index contributed by atoms with van der Waals surface area (Å²) >= 11 is 0. The summed E-state index contributed by atoms with van der Waals surface area (Å²) in [6, 6.07) is 14.7. The van der Waals surface area contributed by atoms with Gasteiger partial charge in [0.2, 0.25) is 0 Å². The van der Waals surface area contributed by atoms with Crippen LogP contribution in [0.5, 0.6) is 11.5 Å². The Labute approximate surface area is 179 Å². The first-order chi connectivity index (χ1) is 15.0. The van der Waals surface area contributed by atoms with Crippen molar-refractivity contribution in [1.82, 2.24) is 9.97 Å². The van der Waals surface area contributed by atoms with Gasteiger partial charge in [-0.15, -0.1) is 13.2 Å². The molecule has 0 unspecified atom stereocenters. The van der Waals surface area contributed by atoms with E-state index >= 15 is 0 Å². The number of aromatic hydroxyl groups is 1. The number of pyridine rings is 2. The van der Waals surface area contributed by atoms with E-state index in [1.54, 1.807) is 31.4 Å². The van der Waals surface area contributed by atoms with Gasteiger partial charge in [-0.1, -0.05) is 36.4 Å². The molecule has 0 atom stereocenters. The third kappa shape index (κ3) is 4.43. The molecule has 0 saturated heterocycles. The van der Waals surface area contributed by atoms with Crippen LogP contribution < -0.4 is 15.9 Å². The summed E-state index contributed by atoms with van der Waals surface area (Å²) in [5.41, 5.74) is 2.05. The maximum atomic E-state index is 11.8. The Hall–Kier alpha value is -4.06. The van der Waals surface area contributed by atoms with Crippen molar-refractivity contribution in [2.45, 2.75) is 12.8 Å². The Morgan fingerprint density at radius 1 is 0.839 bits per heavy atom. The van der Waals surface area contributed by atoms with Crippen LogP contribution in [0.3, 0.4) is 0 Å². The fourth-order valence-corrected chi connectivity index (χ4v) is 3.42. The zero-order chi connectivity index (χ0) is 22.4. The average Bonchev–Trinajstić information content (AvgIpc) is 2.78. The smallest absolute Gasteiger partial charge is 0.255 e. The maximum absolute atomic E-state index is 11.8. The van der Waals surface area contributed by atoms with Crippen molar-refractivity contribution in [1.29, 1.82) is 0 Å². The number of benzene rings is 2. The second-order valence-corrected chi connectivity index (χ2v) is 6.82. The number of allylic oxidation sites excluding steroid dienone is 2. The van der Waals surface area contributed by atoms with Crippen LogP contribution in [0.2, 0.25) is 0 Å². The monoisotopic (exact) mass is 416 g/mol. The second-order valence-electron chi connectivity index (χ2n) is 6.82. The van der Waals surface area contributed by atoms with E-state index in [1.165, 1.54) is 0 Å². The molecule has 6 heteroatoms. The third-order valence-electron chi connectivity index (χ3n) is 4.86. The molecule has 0 amide bonds. The van der Waals surface area contributed by atoms with Crippen LogP contribution >= 0.6 is 0 Å². The third-order valence-corrected chi connectivity index (χ3v) is 4.86. The van der Waals surface area contributed by atoms with E-state index < -0.39 is 0 Å². The van der Waals surface area contributed by atoms with Crippen molar-refractivity contribution in [2.24, 2.45) is 0 Å². The first-order valence-corrected chi connectivity index (χ1v) is 9.74. The van der Waals surface area contributed by atoms with Crippen LogP contribution in [-0.4, -0.2) is 22.2 Å². The van der Waals surface area contributed by atoms with Gasteiger partial charge in [0.1, 0.15) is 11.5 Å². The number of methoxy groups -OCH3 is 1. The molecular weight excluding hydrogens is 392 g/mol. The zero-order valence-corrected chi connectivity index (χ0v) is 17.3. The first kappa shape index (κ1) is 21.6. The largest absolute Gasteiger partial charge is 0.507 e. The summed E-state index contributed by atoms with van der Waals surface area (Å²) in [6.07, 6.45) is 4.16. The molecule has 2 aromatic carbocycles. The van der Waals surface area contributed by atoms with Gasteiger partial charge < -0.3 is 19.8 Å². The summed E-state index contributed by atoms with van der Waals surface area (Å²) < 4.78 is 5.32. The van der Waals surface area contributed by atoms with Gasteiger partial charge in [-0.3, -0.25) is 9.59 Å². The van der Waals surface area contributed by atoms with Gasteiger partial charge in [0.25, 0.3) is 11.1 Å². The number of hydrogen-bond donors (Lipinski definition) is 3. The van der Waals surface area contributed by atoms with E-state index in [9.17, 15) is 14.7 Å². The summed E-state index contributed by atoms with van der Waals surface area (Å²) in [6.45, 7) is 7.20. The van der Waals surface area contributed by atoms with E-state index in [0.29, 0.717) is 40.6 Å². The molecule has 0 aliphatic carbocycles. The number of H-pyrrole nitrogens is 2. The van der Waals surface area contributed by atoms with Crippen LogP contribution in [0.1, 0.15) is 11.1 Å². The normalized spacial score (nSPS) is 10.4. The number of aromatic nitrogens is 2. The molecule has 158 valence electrons. The van der Waals surface area contributed by atoms with Crippen LogP contribution in [0.25, 0.3) is 21.8 Å². The molecule has 4 aromatic rings. The van der Waals surface area contributed by atoms with E-state index in [2.05, 4.69) is 23.1 Å². The lowest BCUT2D eigenvalue weighted by molar-refractivity contribution is 0.414. The average molecular weight is 416 g/mol. The lowest BCUT2D eigenvalue weighted by Gasteiger charge is -2.09. The molecule has 4 rings (SSSR count). The summed E-state index contributed by atoms with van der Waals surface area (Å²) in [5, 5.41) is 11.5. The van der Waals surface area contributed by atoms with Crippen LogP contribution in [0, 0.1) is 0 Å². The molecule has 6 nitrogen and oxygen atoms in total. The van der Waals surface area contributed by atoms with Gasteiger partial charge in [-0.2, -0.15) is 0 Å². The minimum absolute atomic E-state index is 0.0502. The number of ether oxygens (including phenoxy) is 1. The molecule has 31 heavy (non-hydrogen) atoms. The number of aromatic amines is 2. The Bertz CT molecular complexity index is 1370. The van der Waals surface area contributed by atoms with E-state index in [-0.39, 0.29) is 16.9 Å². The SMILES string of the molecule is C=CCc1c(O)c2ccccc2[nH]c1=O.C=CCc1c(OC)c2ccccc2[nH]c1=O. The molecular formula is C25H24N2O4. The van der Waals surface area contributed by atoms with Crippen molar-refractivity contribution in [3.63, 3.8) is 0 Å². The standard InChI is InChI=1S/C13H13NO2.C12H11NO2/c1-3-6-10-12(16-2)9-7-4-5-8-11(9)14-13(10)15;1-2-5-9-11(14)8-6-3-4-7-10(8)13-12(9)15/h3-5,7-8H,1,6H2,2H3,(H,14,15);2-4,6-7H,1,5H2,(H2,13,14,15). The molecule has 0 fully saturated rings. The van der Waals surface area contributed by atoms with Crippen LogP contribution in [0.15, 0.2) is 83.4 Å². The van der Waals surface area contributed by atoms with Crippen LogP contribution in [-0.2, 0) is 12.8 Å². The molecule has 2 heterocycles. The molecule has 0 bridgehead atoms. The topological polar surface area (TPSA) is 95.2 Å². The highest BCUT2D eigenvalue weighted by molar-refractivity contribution is 5.86. The number of para-hydroxylation sites is 2. The number of rotatable bonds is 5. The summed E-state index contributed by atoms with van der Waals surface area (Å²) in [7, 11) is 1.58. The van der Waals surface area contributed by atoms with Gasteiger partial charge >= 0.3 is 0 Å². The number of hydrogen-bond acceptors (Lipinski definition) is 4. The van der Waals surface area contributed by atoms with Crippen molar-refractivity contribution < 1.29 is 9.84 Å². The molecule has 0 aliphatic rings. The second kappa shape index (κ2) is 9.63. The molecule has 0 spiro atoms. The molecule has 2 aromatic heterocycles. The first-order valence-electron chi connectivity index (χ1n) is 9.74. The van der Waals surface area contributed by atoms with E-state index in [4.69, 9.17) is 4.74 Å². The van der Waals surface area contributed by atoms with Crippen molar-refractivity contribution in [3.8, 4) is 11.5 Å². The molecule has 0 saturated carbocycles. The van der Waals surface area contributed by atoms with Gasteiger partial charge in [0.15, 0.2) is 0 Å². The molecule has 3 N–H and O–H groups in total. The fraction of sp³-hybridized carbons (Fsp3) is 0.120. The summed E-state index contributed by atoms with van der Waals surface area (Å²) in [5.74, 6) is 0.688. The predicted octanol–water partition coefficient (Wildman–Crippen LogP) is 4.23. The Morgan fingerprint density at radius 3 is 1.90 bits per heavy atom. The highest BCUT2D eigenvalue weighted by atomic mass is 16.5. The lowest BCUT2D eigenvalue weighted by atomic mass is 10.1. The number of nitrogens with one attached hydrogen (secondary N) is 2. The van der Waals surface area contributed by atoms with Gasteiger partial charge in [-0.25, -0.2) is 0 Å². The fourth-order valence-electron chi connectivity index (χ4n) is 3.42. The van der Waals surface area contributed by atoms with E-state index in [1.807, 2.05) is 36.4 Å².